The minimum atomic E-state index is -3.51. The van der Waals surface area contributed by atoms with Crippen molar-refractivity contribution < 1.29 is 13.5 Å². The smallest absolute Gasteiger partial charge is 0.243 e. The number of hydrazone groups is 1. The van der Waals surface area contributed by atoms with E-state index in [0.29, 0.717) is 34.7 Å². The Hall–Kier alpha value is -2.75. The summed E-state index contributed by atoms with van der Waals surface area (Å²) in [5, 5.41) is 16.1. The maximum Gasteiger partial charge on any atom is 0.243 e. The van der Waals surface area contributed by atoms with E-state index in [-0.39, 0.29) is 5.75 Å². The normalized spacial score (nSPS) is 16.0. The van der Waals surface area contributed by atoms with E-state index in [1.54, 1.807) is 46.9 Å². The van der Waals surface area contributed by atoms with Crippen LogP contribution in [0, 0.1) is 5.92 Å². The molecule has 3 aromatic rings. The van der Waals surface area contributed by atoms with Crippen molar-refractivity contribution in [2.75, 3.05) is 18.5 Å². The van der Waals surface area contributed by atoms with Crippen LogP contribution in [0.2, 0.25) is 0 Å². The fourth-order valence-corrected chi connectivity index (χ4v) is 5.60. The average molecular weight is 457 g/mol. The molecule has 31 heavy (non-hydrogen) atoms. The summed E-state index contributed by atoms with van der Waals surface area (Å²) in [4.78, 5) is 4.81. The van der Waals surface area contributed by atoms with Crippen LogP contribution < -0.4 is 5.43 Å². The molecule has 1 aromatic heterocycles. The van der Waals surface area contributed by atoms with E-state index < -0.39 is 10.0 Å². The molecule has 0 aliphatic carbocycles. The third-order valence-corrected chi connectivity index (χ3v) is 7.90. The lowest BCUT2D eigenvalue weighted by atomic mass is 10.0. The van der Waals surface area contributed by atoms with Crippen LogP contribution >= 0.6 is 11.3 Å². The van der Waals surface area contributed by atoms with Gasteiger partial charge in [0.05, 0.1) is 16.8 Å². The van der Waals surface area contributed by atoms with Gasteiger partial charge in [-0.15, -0.1) is 11.3 Å². The Labute approximate surface area is 186 Å². The Morgan fingerprint density at radius 2 is 1.97 bits per heavy atom. The minimum absolute atomic E-state index is 0.175. The van der Waals surface area contributed by atoms with Crippen molar-refractivity contribution in [3.8, 4) is 17.0 Å². The second kappa shape index (κ2) is 9.17. The van der Waals surface area contributed by atoms with E-state index >= 15 is 0 Å². The highest BCUT2D eigenvalue weighted by atomic mass is 32.2. The van der Waals surface area contributed by atoms with Crippen LogP contribution in [0.4, 0.5) is 5.13 Å². The molecule has 4 rings (SSSR count). The lowest BCUT2D eigenvalue weighted by Gasteiger charge is -2.29. The van der Waals surface area contributed by atoms with Crippen LogP contribution in [-0.4, -0.2) is 42.1 Å². The molecule has 0 radical (unpaired) electrons. The lowest BCUT2D eigenvalue weighted by Crippen LogP contribution is -2.37. The Bertz CT molecular complexity index is 1180. The molecule has 0 spiro atoms. The van der Waals surface area contributed by atoms with Crippen LogP contribution in [0.15, 0.2) is 63.9 Å². The van der Waals surface area contributed by atoms with E-state index in [1.807, 2.05) is 17.5 Å². The molecule has 1 saturated heterocycles. The summed E-state index contributed by atoms with van der Waals surface area (Å²) in [5.74, 6) is 0.739. The van der Waals surface area contributed by atoms with E-state index in [1.165, 1.54) is 11.3 Å². The van der Waals surface area contributed by atoms with Crippen molar-refractivity contribution in [3.05, 3.63) is 59.5 Å². The number of rotatable bonds is 6. The number of benzene rings is 2. The van der Waals surface area contributed by atoms with Gasteiger partial charge in [-0.25, -0.2) is 13.4 Å². The fourth-order valence-electron chi connectivity index (χ4n) is 3.42. The number of phenols is 1. The summed E-state index contributed by atoms with van der Waals surface area (Å²) in [7, 11) is -3.51. The highest BCUT2D eigenvalue weighted by Gasteiger charge is 2.28. The zero-order valence-electron chi connectivity index (χ0n) is 17.1. The predicted octanol–water partition coefficient (Wildman–Crippen LogP) is 4.38. The number of aromatic hydroxyl groups is 1. The molecule has 2 aromatic carbocycles. The minimum Gasteiger partial charge on any atom is -0.508 e. The first-order valence-corrected chi connectivity index (χ1v) is 12.4. The van der Waals surface area contributed by atoms with Gasteiger partial charge >= 0.3 is 0 Å². The standard InChI is InChI=1S/C22H24N4O3S2/c1-16-8-10-26(11-9-16)31(28,29)20-7-3-5-18(13-20)21-15-30-22(24-21)25-23-14-17-4-2-6-19(27)12-17/h2-7,12-16,27H,8-11H2,1H3,(H,24,25). The second-order valence-electron chi connectivity index (χ2n) is 7.62. The highest BCUT2D eigenvalue weighted by Crippen LogP contribution is 2.29. The fraction of sp³-hybridized carbons (Fsp3) is 0.273. The molecular weight excluding hydrogens is 432 g/mol. The summed E-state index contributed by atoms with van der Waals surface area (Å²) in [6, 6.07) is 13.7. The zero-order valence-corrected chi connectivity index (χ0v) is 18.7. The molecule has 0 saturated carbocycles. The number of hydrogen-bond acceptors (Lipinski definition) is 7. The van der Waals surface area contributed by atoms with Gasteiger partial charge in [0.1, 0.15) is 5.75 Å². The molecule has 2 heterocycles. The number of thiazole rings is 1. The molecule has 1 fully saturated rings. The van der Waals surface area contributed by atoms with E-state index in [9.17, 15) is 13.5 Å². The first-order chi connectivity index (χ1) is 14.9. The maximum absolute atomic E-state index is 13.0. The molecule has 0 unspecified atom stereocenters. The van der Waals surface area contributed by atoms with Crippen LogP contribution in [-0.2, 0) is 10.0 Å². The molecule has 7 nitrogen and oxygen atoms in total. The Morgan fingerprint density at radius 3 is 2.74 bits per heavy atom. The van der Waals surface area contributed by atoms with Gasteiger partial charge in [0, 0.05) is 24.0 Å². The molecule has 9 heteroatoms. The van der Waals surface area contributed by atoms with Gasteiger partial charge in [-0.1, -0.05) is 31.2 Å². The average Bonchev–Trinajstić information content (AvgIpc) is 3.23. The number of phenolic OH excluding ortho intramolecular Hbond substituents is 1. The Kier molecular flexibility index (Phi) is 6.35. The first kappa shape index (κ1) is 21.5. The molecule has 0 amide bonds. The van der Waals surface area contributed by atoms with Crippen molar-refractivity contribution in [2.24, 2.45) is 11.0 Å². The lowest BCUT2D eigenvalue weighted by molar-refractivity contribution is 0.288. The van der Waals surface area contributed by atoms with Crippen LogP contribution in [0.25, 0.3) is 11.3 Å². The van der Waals surface area contributed by atoms with Crippen molar-refractivity contribution in [2.45, 2.75) is 24.7 Å². The molecule has 2 N–H and O–H groups in total. The van der Waals surface area contributed by atoms with Crippen molar-refractivity contribution in [3.63, 3.8) is 0 Å². The van der Waals surface area contributed by atoms with E-state index in [0.717, 1.165) is 24.0 Å². The molecule has 0 atom stereocenters. The molecule has 1 aliphatic heterocycles. The van der Waals surface area contributed by atoms with Crippen LogP contribution in [0.5, 0.6) is 5.75 Å². The summed E-state index contributed by atoms with van der Waals surface area (Å²) < 4.78 is 27.7. The zero-order chi connectivity index (χ0) is 21.8. The van der Waals surface area contributed by atoms with Gasteiger partial charge in [0.2, 0.25) is 15.2 Å². The number of piperidine rings is 1. The maximum atomic E-state index is 13.0. The monoisotopic (exact) mass is 456 g/mol. The van der Waals surface area contributed by atoms with Crippen molar-refractivity contribution in [1.82, 2.24) is 9.29 Å². The van der Waals surface area contributed by atoms with Gasteiger partial charge in [-0.3, -0.25) is 5.43 Å². The Morgan fingerprint density at radius 1 is 1.19 bits per heavy atom. The number of hydrogen-bond donors (Lipinski definition) is 2. The summed E-state index contributed by atoms with van der Waals surface area (Å²) >= 11 is 1.38. The summed E-state index contributed by atoms with van der Waals surface area (Å²) in [5.41, 5.74) is 5.06. The van der Waals surface area contributed by atoms with E-state index in [2.05, 4.69) is 22.4 Å². The van der Waals surface area contributed by atoms with E-state index in [4.69, 9.17) is 0 Å². The van der Waals surface area contributed by atoms with Crippen LogP contribution in [0.3, 0.4) is 0 Å². The third kappa shape index (κ3) is 5.12. The van der Waals surface area contributed by atoms with Gasteiger partial charge in [-0.05, 0) is 48.6 Å². The van der Waals surface area contributed by atoms with Gasteiger partial charge in [-0.2, -0.15) is 9.41 Å². The third-order valence-electron chi connectivity index (χ3n) is 5.26. The number of anilines is 1. The number of aromatic nitrogens is 1. The van der Waals surface area contributed by atoms with Gasteiger partial charge < -0.3 is 5.11 Å². The van der Waals surface area contributed by atoms with Crippen molar-refractivity contribution in [1.29, 1.82) is 0 Å². The predicted molar refractivity (Wildman–Crippen MR) is 124 cm³/mol. The van der Waals surface area contributed by atoms with Gasteiger partial charge in [0.25, 0.3) is 0 Å². The van der Waals surface area contributed by atoms with Crippen LogP contribution in [0.1, 0.15) is 25.3 Å². The SMILES string of the molecule is CC1CCN(S(=O)(=O)c2cccc(-c3csc(NN=Cc4cccc(O)c4)n3)c2)CC1. The number of nitrogens with zero attached hydrogens (tertiary/aromatic N) is 3. The molecular formula is C22H24N4O3S2. The first-order valence-electron chi connectivity index (χ1n) is 10.1. The summed E-state index contributed by atoms with van der Waals surface area (Å²) in [6.45, 7) is 3.29. The van der Waals surface area contributed by atoms with Gasteiger partial charge in [0.15, 0.2) is 0 Å². The second-order valence-corrected chi connectivity index (χ2v) is 10.4. The molecule has 1 aliphatic rings. The van der Waals surface area contributed by atoms with Crippen molar-refractivity contribution >= 4 is 32.7 Å². The number of nitrogens with one attached hydrogen (secondary N) is 1. The number of sulfonamides is 1. The molecule has 0 bridgehead atoms. The summed E-state index contributed by atoms with van der Waals surface area (Å²) in [6.07, 6.45) is 3.37. The largest absolute Gasteiger partial charge is 0.508 e. The highest BCUT2D eigenvalue weighted by molar-refractivity contribution is 7.89. The Balaban J connectivity index is 1.48. The quantitative estimate of drug-likeness (QED) is 0.424. The molecule has 162 valence electrons. The topological polar surface area (TPSA) is 94.9 Å².